The van der Waals surface area contributed by atoms with Crippen molar-refractivity contribution in [3.05, 3.63) is 54.5 Å². The summed E-state index contributed by atoms with van der Waals surface area (Å²) in [5.74, 6) is 1.27. The van der Waals surface area contributed by atoms with E-state index in [1.807, 2.05) is 67.8 Å². The molecule has 0 spiro atoms. The number of carbonyl (C=O) groups excluding carboxylic acids is 1. The van der Waals surface area contributed by atoms with Crippen molar-refractivity contribution in [1.82, 2.24) is 24.6 Å². The zero-order chi connectivity index (χ0) is 23.1. The first-order valence-corrected chi connectivity index (χ1v) is 11.4. The van der Waals surface area contributed by atoms with Crippen molar-refractivity contribution in [2.24, 2.45) is 5.92 Å². The summed E-state index contributed by atoms with van der Waals surface area (Å²) < 4.78 is 1.87. The van der Waals surface area contributed by atoms with Crippen LogP contribution in [0.4, 0.5) is 17.5 Å². The Labute approximate surface area is 192 Å². The maximum absolute atomic E-state index is 11.8. The van der Waals surface area contributed by atoms with Crippen LogP contribution in [0.15, 0.2) is 58.7 Å². The molecular weight excluding hydrogens is 422 g/mol. The molecule has 0 aliphatic heterocycles. The number of aromatic amines is 1. The molecule has 0 unspecified atom stereocenters. The third kappa shape index (κ3) is 6.10. The maximum Gasteiger partial charge on any atom is 0.226 e. The molecule has 0 fully saturated rings. The van der Waals surface area contributed by atoms with E-state index in [-0.39, 0.29) is 11.8 Å². The summed E-state index contributed by atoms with van der Waals surface area (Å²) in [6.07, 6.45) is 4.84. The van der Waals surface area contributed by atoms with Gasteiger partial charge in [0.25, 0.3) is 0 Å². The lowest BCUT2D eigenvalue weighted by atomic mass is 10.2. The van der Waals surface area contributed by atoms with E-state index in [1.54, 1.807) is 6.20 Å². The van der Waals surface area contributed by atoms with Gasteiger partial charge in [0.15, 0.2) is 5.82 Å². The number of H-pyrrole nitrogens is 1. The number of benzene rings is 1. The van der Waals surface area contributed by atoms with Crippen molar-refractivity contribution in [2.75, 3.05) is 10.6 Å². The molecule has 168 valence electrons. The molecule has 32 heavy (non-hydrogen) atoms. The Kier molecular flexibility index (Phi) is 7.88. The lowest BCUT2D eigenvalue weighted by molar-refractivity contribution is -0.118. The van der Waals surface area contributed by atoms with Gasteiger partial charge in [-0.1, -0.05) is 45.9 Å². The molecule has 1 amide bonds. The summed E-state index contributed by atoms with van der Waals surface area (Å²) >= 11 is 1.52. The van der Waals surface area contributed by atoms with Crippen LogP contribution in [0.5, 0.6) is 0 Å². The molecule has 4 aromatic rings. The number of aryl methyl sites for hydroxylation is 1. The van der Waals surface area contributed by atoms with E-state index in [0.29, 0.717) is 11.8 Å². The number of nitrogens with one attached hydrogen (secondary N) is 3. The molecule has 0 saturated heterocycles. The minimum Gasteiger partial charge on any atom is -0.326 e. The third-order valence-corrected chi connectivity index (χ3v) is 5.11. The van der Waals surface area contributed by atoms with E-state index in [1.165, 1.54) is 18.2 Å². The molecule has 0 aliphatic rings. The monoisotopic (exact) mass is 451 g/mol. The van der Waals surface area contributed by atoms with Gasteiger partial charge in [-0.15, -0.1) is 0 Å². The number of aromatic nitrogens is 5. The normalized spacial score (nSPS) is 10.7. The van der Waals surface area contributed by atoms with Crippen molar-refractivity contribution in [1.29, 1.82) is 0 Å². The number of anilines is 3. The number of hydrogen-bond acceptors (Lipinski definition) is 6. The number of fused-ring (bicyclic) bond motifs is 1. The smallest absolute Gasteiger partial charge is 0.226 e. The fourth-order valence-electron chi connectivity index (χ4n) is 2.65. The summed E-state index contributed by atoms with van der Waals surface area (Å²) in [6.45, 7) is 9.93. The van der Waals surface area contributed by atoms with Gasteiger partial charge in [0, 0.05) is 46.7 Å². The van der Waals surface area contributed by atoms with Crippen LogP contribution in [-0.2, 0) is 4.79 Å². The van der Waals surface area contributed by atoms with Gasteiger partial charge >= 0.3 is 0 Å². The number of rotatable bonds is 6. The number of amides is 1. The zero-order valence-corrected chi connectivity index (χ0v) is 19.8. The van der Waals surface area contributed by atoms with Crippen molar-refractivity contribution >= 4 is 40.8 Å². The van der Waals surface area contributed by atoms with Crippen molar-refractivity contribution in [2.45, 2.75) is 51.0 Å². The van der Waals surface area contributed by atoms with Crippen LogP contribution >= 0.6 is 11.8 Å². The summed E-state index contributed by atoms with van der Waals surface area (Å²) in [7, 11) is 0. The van der Waals surface area contributed by atoms with Gasteiger partial charge in [0.05, 0.1) is 0 Å². The standard InChI is InChI=1S/C20H21N7OS.C3H8/c1-12(2)19(28)22-14-4-6-15(7-5-14)29-18-11-17-21-8-9-27(17)20(24-18)23-16-10-13(3)25-26-16;1-3-2/h4-12H,1-3H3,(H,22,28)(H2,23,24,25,26);3H2,1-2H3. The molecule has 3 aromatic heterocycles. The number of nitrogens with zero attached hydrogens (tertiary/aromatic N) is 4. The number of imidazole rings is 1. The molecular formula is C23H29N7OS. The van der Waals surface area contributed by atoms with E-state index >= 15 is 0 Å². The molecule has 0 bridgehead atoms. The van der Waals surface area contributed by atoms with Gasteiger partial charge < -0.3 is 10.6 Å². The Bertz CT molecular complexity index is 1160. The summed E-state index contributed by atoms with van der Waals surface area (Å²) in [4.78, 5) is 21.9. The van der Waals surface area contributed by atoms with Gasteiger partial charge in [-0.2, -0.15) is 5.10 Å². The lowest BCUT2D eigenvalue weighted by Crippen LogP contribution is -2.17. The summed E-state index contributed by atoms with van der Waals surface area (Å²) in [5.41, 5.74) is 2.53. The molecule has 3 N–H and O–H groups in total. The second kappa shape index (κ2) is 10.8. The molecule has 8 nitrogen and oxygen atoms in total. The molecule has 1 aromatic carbocycles. The average Bonchev–Trinajstić information content (AvgIpc) is 3.39. The van der Waals surface area contributed by atoms with Gasteiger partial charge in [0.2, 0.25) is 11.9 Å². The number of hydrogen-bond donors (Lipinski definition) is 3. The second-order valence-corrected chi connectivity index (χ2v) is 8.71. The van der Waals surface area contributed by atoms with Crippen LogP contribution in [-0.4, -0.2) is 30.5 Å². The predicted molar refractivity (Wildman–Crippen MR) is 130 cm³/mol. The Morgan fingerprint density at radius 1 is 1.19 bits per heavy atom. The van der Waals surface area contributed by atoms with Gasteiger partial charge in [-0.3, -0.25) is 14.3 Å². The summed E-state index contributed by atoms with van der Waals surface area (Å²) in [5, 5.41) is 14.0. The fourth-order valence-corrected chi connectivity index (χ4v) is 3.46. The molecule has 0 radical (unpaired) electrons. The molecule has 3 heterocycles. The largest absolute Gasteiger partial charge is 0.326 e. The Morgan fingerprint density at radius 2 is 1.91 bits per heavy atom. The van der Waals surface area contributed by atoms with Crippen LogP contribution in [0.25, 0.3) is 5.65 Å². The van der Waals surface area contributed by atoms with Crippen molar-refractivity contribution in [3.63, 3.8) is 0 Å². The predicted octanol–water partition coefficient (Wildman–Crippen LogP) is 5.67. The first-order valence-electron chi connectivity index (χ1n) is 10.6. The Morgan fingerprint density at radius 3 is 2.53 bits per heavy atom. The molecule has 0 aliphatic carbocycles. The van der Waals surface area contributed by atoms with Gasteiger partial charge in [-0.05, 0) is 31.2 Å². The second-order valence-electron chi connectivity index (χ2n) is 7.61. The molecule has 0 saturated carbocycles. The molecule has 4 rings (SSSR count). The first kappa shape index (κ1) is 23.3. The van der Waals surface area contributed by atoms with Gasteiger partial charge in [0.1, 0.15) is 10.7 Å². The van der Waals surface area contributed by atoms with Gasteiger partial charge in [-0.25, -0.2) is 9.97 Å². The Hall–Kier alpha value is -3.33. The van der Waals surface area contributed by atoms with E-state index < -0.39 is 0 Å². The quantitative estimate of drug-likeness (QED) is 0.327. The lowest BCUT2D eigenvalue weighted by Gasteiger charge is -2.10. The fraction of sp³-hybridized carbons (Fsp3) is 0.304. The Balaban J connectivity index is 0.000000913. The van der Waals surface area contributed by atoms with E-state index in [0.717, 1.165) is 26.9 Å². The van der Waals surface area contributed by atoms with Crippen LogP contribution in [0, 0.1) is 12.8 Å². The molecule has 9 heteroatoms. The molecule has 0 atom stereocenters. The van der Waals surface area contributed by atoms with Crippen LogP contribution in [0.3, 0.4) is 0 Å². The van der Waals surface area contributed by atoms with Crippen molar-refractivity contribution < 1.29 is 4.79 Å². The van der Waals surface area contributed by atoms with E-state index in [4.69, 9.17) is 4.98 Å². The minimum atomic E-state index is -0.0567. The van der Waals surface area contributed by atoms with Crippen LogP contribution < -0.4 is 10.6 Å². The summed E-state index contributed by atoms with van der Waals surface area (Å²) in [6, 6.07) is 11.5. The highest BCUT2D eigenvalue weighted by molar-refractivity contribution is 7.99. The maximum atomic E-state index is 11.8. The highest BCUT2D eigenvalue weighted by atomic mass is 32.2. The number of carbonyl (C=O) groups is 1. The van der Waals surface area contributed by atoms with E-state index in [9.17, 15) is 4.79 Å². The van der Waals surface area contributed by atoms with Crippen LogP contribution in [0.2, 0.25) is 0 Å². The third-order valence-electron chi connectivity index (χ3n) is 4.18. The first-order chi connectivity index (χ1) is 15.4. The average molecular weight is 452 g/mol. The SMILES string of the molecule is CCC.Cc1cc(Nc2nc(Sc3ccc(NC(=O)C(C)C)cc3)cc3nccn23)n[nH]1. The van der Waals surface area contributed by atoms with Crippen molar-refractivity contribution in [3.8, 4) is 0 Å². The topological polar surface area (TPSA) is 100 Å². The minimum absolute atomic E-state index is 0.00106. The van der Waals surface area contributed by atoms with E-state index in [2.05, 4.69) is 39.7 Å². The zero-order valence-electron chi connectivity index (χ0n) is 19.0. The highest BCUT2D eigenvalue weighted by Crippen LogP contribution is 2.29. The van der Waals surface area contributed by atoms with Crippen LogP contribution in [0.1, 0.15) is 39.8 Å². The highest BCUT2D eigenvalue weighted by Gasteiger charge is 2.11.